The van der Waals surface area contributed by atoms with Gasteiger partial charge in [-0.1, -0.05) is 19.9 Å². The summed E-state index contributed by atoms with van der Waals surface area (Å²) in [7, 11) is 0. The second-order valence-corrected chi connectivity index (χ2v) is 5.54. The highest BCUT2D eigenvalue weighted by molar-refractivity contribution is 5.75. The monoisotopic (exact) mass is 306 g/mol. The van der Waals surface area contributed by atoms with Crippen molar-refractivity contribution in [2.75, 3.05) is 19.8 Å². The summed E-state index contributed by atoms with van der Waals surface area (Å²) in [6.07, 6.45) is 2.38. The molecule has 0 aliphatic carbocycles. The Labute approximate surface area is 128 Å². The molecule has 0 aliphatic rings. The minimum Gasteiger partial charge on any atom is -0.381 e. The lowest BCUT2D eigenvalue weighted by Crippen LogP contribution is -2.33. The van der Waals surface area contributed by atoms with Gasteiger partial charge in [-0.15, -0.1) is 5.10 Å². The van der Waals surface area contributed by atoms with Crippen molar-refractivity contribution in [3.63, 3.8) is 0 Å². The van der Waals surface area contributed by atoms with Gasteiger partial charge in [0, 0.05) is 26.0 Å². The van der Waals surface area contributed by atoms with Gasteiger partial charge in [0.2, 0.25) is 5.91 Å². The topological polar surface area (TPSA) is 77.6 Å². The van der Waals surface area contributed by atoms with Crippen LogP contribution in [0.15, 0.2) is 29.2 Å². The van der Waals surface area contributed by atoms with Crippen LogP contribution in [0.2, 0.25) is 0 Å². The molecule has 0 aliphatic heterocycles. The number of amides is 1. The molecule has 1 amide bonds. The Kier molecular flexibility index (Phi) is 5.71. The van der Waals surface area contributed by atoms with Gasteiger partial charge in [0.1, 0.15) is 6.54 Å². The van der Waals surface area contributed by atoms with Crippen molar-refractivity contribution in [3.8, 4) is 0 Å². The van der Waals surface area contributed by atoms with Gasteiger partial charge in [-0.2, -0.15) is 0 Å². The number of nitrogens with one attached hydrogen (secondary N) is 1. The molecule has 2 heterocycles. The van der Waals surface area contributed by atoms with Crippen LogP contribution in [0.3, 0.4) is 0 Å². The summed E-state index contributed by atoms with van der Waals surface area (Å²) in [5.74, 6) is 0.283. The van der Waals surface area contributed by atoms with Crippen LogP contribution in [-0.4, -0.2) is 39.8 Å². The zero-order valence-corrected chi connectivity index (χ0v) is 13.0. The minimum absolute atomic E-state index is 0.0760. The average Bonchev–Trinajstić information content (AvgIpc) is 2.79. The van der Waals surface area contributed by atoms with E-state index in [-0.39, 0.29) is 18.1 Å². The normalized spacial score (nSPS) is 11.2. The molecule has 0 saturated carbocycles. The van der Waals surface area contributed by atoms with E-state index < -0.39 is 0 Å². The van der Waals surface area contributed by atoms with Crippen molar-refractivity contribution < 1.29 is 9.53 Å². The number of carbonyl (C=O) groups is 1. The zero-order chi connectivity index (χ0) is 15.9. The molecule has 0 unspecified atom stereocenters. The maximum Gasteiger partial charge on any atom is 0.350 e. The molecule has 22 heavy (non-hydrogen) atoms. The maximum atomic E-state index is 12.0. The number of nitrogens with zero attached hydrogens (tertiary/aromatic N) is 3. The largest absolute Gasteiger partial charge is 0.381 e. The summed E-state index contributed by atoms with van der Waals surface area (Å²) in [6.45, 7) is 5.98. The predicted octanol–water partition coefficient (Wildman–Crippen LogP) is 0.675. The summed E-state index contributed by atoms with van der Waals surface area (Å²) < 4.78 is 8.01. The van der Waals surface area contributed by atoms with Crippen LogP contribution in [0, 0.1) is 5.92 Å². The number of carbonyl (C=O) groups excluding carboxylic acids is 1. The molecule has 2 rings (SSSR count). The molecule has 7 nitrogen and oxygen atoms in total. The summed E-state index contributed by atoms with van der Waals surface area (Å²) in [5, 5.41) is 6.87. The Morgan fingerprint density at radius 2 is 2.23 bits per heavy atom. The fraction of sp³-hybridized carbons (Fsp3) is 0.533. The molecule has 0 saturated heterocycles. The lowest BCUT2D eigenvalue weighted by atomic mass is 10.2. The fourth-order valence-corrected chi connectivity index (χ4v) is 1.98. The lowest BCUT2D eigenvalue weighted by Gasteiger charge is -2.07. The van der Waals surface area contributed by atoms with Crippen molar-refractivity contribution >= 4 is 11.6 Å². The first-order valence-electron chi connectivity index (χ1n) is 7.46. The van der Waals surface area contributed by atoms with Gasteiger partial charge < -0.3 is 10.1 Å². The zero-order valence-electron chi connectivity index (χ0n) is 13.0. The van der Waals surface area contributed by atoms with Gasteiger partial charge in [-0.3, -0.25) is 9.20 Å². The van der Waals surface area contributed by atoms with E-state index in [1.54, 1.807) is 24.4 Å². The fourth-order valence-electron chi connectivity index (χ4n) is 1.98. The lowest BCUT2D eigenvalue weighted by molar-refractivity contribution is -0.121. The predicted molar refractivity (Wildman–Crippen MR) is 82.7 cm³/mol. The molecule has 1 N–H and O–H groups in total. The van der Waals surface area contributed by atoms with E-state index in [1.165, 1.54) is 9.08 Å². The summed E-state index contributed by atoms with van der Waals surface area (Å²) in [5.41, 5.74) is 0.216. The molecule has 0 spiro atoms. The van der Waals surface area contributed by atoms with Crippen LogP contribution >= 0.6 is 0 Å². The van der Waals surface area contributed by atoms with Crippen LogP contribution in [0.25, 0.3) is 5.65 Å². The first-order valence-corrected chi connectivity index (χ1v) is 7.46. The van der Waals surface area contributed by atoms with E-state index in [1.807, 2.05) is 0 Å². The second kappa shape index (κ2) is 7.74. The maximum absolute atomic E-state index is 12.0. The highest BCUT2D eigenvalue weighted by Crippen LogP contribution is 1.95. The summed E-state index contributed by atoms with van der Waals surface area (Å²) >= 11 is 0. The van der Waals surface area contributed by atoms with Crippen molar-refractivity contribution in [1.82, 2.24) is 19.5 Å². The summed E-state index contributed by atoms with van der Waals surface area (Å²) in [4.78, 5) is 23.8. The third-order valence-corrected chi connectivity index (χ3v) is 3.02. The third kappa shape index (κ3) is 4.42. The average molecular weight is 306 g/mol. The van der Waals surface area contributed by atoms with Crippen molar-refractivity contribution in [2.45, 2.75) is 26.8 Å². The molecule has 0 bridgehead atoms. The Bertz CT molecular complexity index is 675. The SMILES string of the molecule is CC(C)COCCCNC(=O)Cn1nc2ccccn2c1=O. The first-order chi connectivity index (χ1) is 10.6. The van der Waals surface area contributed by atoms with E-state index in [9.17, 15) is 9.59 Å². The van der Waals surface area contributed by atoms with Gasteiger partial charge in [0.05, 0.1) is 0 Å². The number of ether oxygens (including phenoxy) is 1. The Balaban J connectivity index is 1.77. The van der Waals surface area contributed by atoms with Crippen LogP contribution in [-0.2, 0) is 16.1 Å². The van der Waals surface area contributed by atoms with Gasteiger partial charge in [-0.25, -0.2) is 9.48 Å². The van der Waals surface area contributed by atoms with Crippen molar-refractivity contribution in [2.24, 2.45) is 5.92 Å². The first kappa shape index (κ1) is 16.2. The number of rotatable bonds is 8. The third-order valence-electron chi connectivity index (χ3n) is 3.02. The number of aromatic nitrogens is 3. The summed E-state index contributed by atoms with van der Waals surface area (Å²) in [6, 6.07) is 5.27. The molecular weight excluding hydrogens is 284 g/mol. The van der Waals surface area contributed by atoms with Crippen LogP contribution in [0.5, 0.6) is 0 Å². The van der Waals surface area contributed by atoms with Gasteiger partial charge in [0.15, 0.2) is 5.65 Å². The Morgan fingerprint density at radius 1 is 1.41 bits per heavy atom. The quantitative estimate of drug-likeness (QED) is 0.727. The number of hydrogen-bond donors (Lipinski definition) is 1. The smallest absolute Gasteiger partial charge is 0.350 e. The molecule has 2 aromatic rings. The van der Waals surface area contributed by atoms with Crippen LogP contribution in [0.1, 0.15) is 20.3 Å². The van der Waals surface area contributed by atoms with E-state index in [2.05, 4.69) is 24.3 Å². The highest BCUT2D eigenvalue weighted by atomic mass is 16.5. The molecule has 0 aromatic carbocycles. The Morgan fingerprint density at radius 3 is 2.95 bits per heavy atom. The van der Waals surface area contributed by atoms with Gasteiger partial charge >= 0.3 is 5.69 Å². The molecule has 0 radical (unpaired) electrons. The molecule has 0 fully saturated rings. The molecular formula is C15H22N4O3. The van der Waals surface area contributed by atoms with Crippen LogP contribution < -0.4 is 11.0 Å². The highest BCUT2D eigenvalue weighted by Gasteiger charge is 2.09. The number of fused-ring (bicyclic) bond motifs is 1. The molecule has 2 aromatic heterocycles. The van der Waals surface area contributed by atoms with Gasteiger partial charge in [-0.05, 0) is 24.5 Å². The second-order valence-electron chi connectivity index (χ2n) is 5.54. The molecule has 0 atom stereocenters. The molecule has 7 heteroatoms. The van der Waals surface area contributed by atoms with Crippen molar-refractivity contribution in [1.29, 1.82) is 0 Å². The van der Waals surface area contributed by atoms with Crippen LogP contribution in [0.4, 0.5) is 0 Å². The van der Waals surface area contributed by atoms with E-state index in [0.717, 1.165) is 13.0 Å². The standard InChI is InChI=1S/C15H22N4O3/c1-12(2)11-22-9-5-7-16-14(20)10-19-15(21)18-8-4-3-6-13(18)17-19/h3-4,6,8,12H,5,7,9-11H2,1-2H3,(H,16,20). The van der Waals surface area contributed by atoms with Gasteiger partial charge in [0.25, 0.3) is 0 Å². The van der Waals surface area contributed by atoms with E-state index in [4.69, 9.17) is 4.74 Å². The number of hydrogen-bond acceptors (Lipinski definition) is 4. The number of pyridine rings is 1. The van der Waals surface area contributed by atoms with Crippen molar-refractivity contribution in [3.05, 3.63) is 34.9 Å². The molecule has 120 valence electrons. The Hall–Kier alpha value is -2.15. The van der Waals surface area contributed by atoms with E-state index in [0.29, 0.717) is 24.7 Å². The van der Waals surface area contributed by atoms with E-state index >= 15 is 0 Å². The minimum atomic E-state index is -0.314.